The molecular formula is C10H14OS2. The Balaban J connectivity index is 2.33. The molecule has 3 heteroatoms. The summed E-state index contributed by atoms with van der Waals surface area (Å²) in [6.45, 7) is 4.21. The van der Waals surface area contributed by atoms with Gasteiger partial charge in [0.2, 0.25) is 0 Å². The van der Waals surface area contributed by atoms with Gasteiger partial charge in [0, 0.05) is 15.0 Å². The van der Waals surface area contributed by atoms with Crippen molar-refractivity contribution in [1.29, 1.82) is 0 Å². The number of hydrogen-bond acceptors (Lipinski definition) is 3. The molecule has 2 heterocycles. The standard InChI is InChI=1S/C10H14OS2/c1-7-3-4-9(13-7)10(11)5-6-12-8(10)2/h3-4,8,11H,5-6H2,1-2H3. The van der Waals surface area contributed by atoms with Crippen LogP contribution in [0.2, 0.25) is 0 Å². The molecule has 0 bridgehead atoms. The van der Waals surface area contributed by atoms with Crippen LogP contribution in [0.25, 0.3) is 0 Å². The maximum Gasteiger partial charge on any atom is 0.111 e. The fraction of sp³-hybridized carbons (Fsp3) is 0.600. The van der Waals surface area contributed by atoms with E-state index in [1.54, 1.807) is 11.3 Å². The van der Waals surface area contributed by atoms with Crippen LogP contribution in [-0.4, -0.2) is 16.1 Å². The first-order valence-electron chi connectivity index (χ1n) is 4.54. The number of aryl methyl sites for hydroxylation is 1. The largest absolute Gasteiger partial charge is 0.383 e. The van der Waals surface area contributed by atoms with Crippen molar-refractivity contribution >= 4 is 23.1 Å². The molecule has 2 unspecified atom stereocenters. The number of aliphatic hydroxyl groups is 1. The molecule has 1 fully saturated rings. The average molecular weight is 214 g/mol. The molecule has 0 spiro atoms. The van der Waals surface area contributed by atoms with Crippen molar-refractivity contribution in [1.82, 2.24) is 0 Å². The van der Waals surface area contributed by atoms with Crippen molar-refractivity contribution in [2.45, 2.75) is 31.1 Å². The zero-order valence-corrected chi connectivity index (χ0v) is 9.54. The van der Waals surface area contributed by atoms with E-state index in [1.807, 2.05) is 11.8 Å². The molecule has 2 rings (SSSR count). The fourth-order valence-electron chi connectivity index (χ4n) is 1.72. The minimum Gasteiger partial charge on any atom is -0.383 e. The van der Waals surface area contributed by atoms with Crippen molar-refractivity contribution < 1.29 is 5.11 Å². The van der Waals surface area contributed by atoms with Gasteiger partial charge in [0.15, 0.2) is 0 Å². The van der Waals surface area contributed by atoms with Gasteiger partial charge in [0.1, 0.15) is 5.60 Å². The summed E-state index contributed by atoms with van der Waals surface area (Å²) in [5.74, 6) is 1.08. The fourth-order valence-corrected chi connectivity index (χ4v) is 4.18. The molecule has 2 atom stereocenters. The van der Waals surface area contributed by atoms with Crippen molar-refractivity contribution in [3.05, 3.63) is 21.9 Å². The maximum absolute atomic E-state index is 10.4. The summed E-state index contributed by atoms with van der Waals surface area (Å²) < 4.78 is 0. The van der Waals surface area contributed by atoms with Gasteiger partial charge in [-0.05, 0) is 31.2 Å². The Hall–Kier alpha value is 0.01000. The van der Waals surface area contributed by atoms with Crippen LogP contribution >= 0.6 is 23.1 Å². The normalized spacial score (nSPS) is 33.9. The number of rotatable bonds is 1. The van der Waals surface area contributed by atoms with E-state index in [9.17, 15) is 5.11 Å². The summed E-state index contributed by atoms with van der Waals surface area (Å²) in [5.41, 5.74) is -0.552. The average Bonchev–Trinajstić information content (AvgIpc) is 2.62. The SMILES string of the molecule is Cc1ccc(C2(O)CCSC2C)s1. The van der Waals surface area contributed by atoms with Crippen LogP contribution in [-0.2, 0) is 5.60 Å². The lowest BCUT2D eigenvalue weighted by molar-refractivity contribution is 0.0465. The number of thioether (sulfide) groups is 1. The quantitative estimate of drug-likeness (QED) is 0.775. The van der Waals surface area contributed by atoms with Gasteiger partial charge >= 0.3 is 0 Å². The number of thiophene rings is 1. The van der Waals surface area contributed by atoms with Crippen LogP contribution in [0.5, 0.6) is 0 Å². The van der Waals surface area contributed by atoms with Gasteiger partial charge in [0.25, 0.3) is 0 Å². The lowest BCUT2D eigenvalue weighted by atomic mass is 9.95. The molecule has 0 aromatic carbocycles. The molecule has 1 aromatic rings. The van der Waals surface area contributed by atoms with Crippen LogP contribution in [0.1, 0.15) is 23.1 Å². The van der Waals surface area contributed by atoms with Gasteiger partial charge in [-0.2, -0.15) is 11.8 Å². The minimum absolute atomic E-state index is 0.338. The van der Waals surface area contributed by atoms with Crippen molar-refractivity contribution in [3.63, 3.8) is 0 Å². The zero-order valence-electron chi connectivity index (χ0n) is 7.91. The van der Waals surface area contributed by atoms with Crippen LogP contribution < -0.4 is 0 Å². The second-order valence-corrected chi connectivity index (χ2v) is 6.33. The lowest BCUT2D eigenvalue weighted by Gasteiger charge is -2.25. The molecule has 72 valence electrons. The third-order valence-corrected chi connectivity index (χ3v) is 5.19. The van der Waals surface area contributed by atoms with E-state index in [-0.39, 0.29) is 0 Å². The Labute approximate surface area is 87.2 Å². The summed E-state index contributed by atoms with van der Waals surface area (Å²) in [4.78, 5) is 2.43. The molecule has 0 aliphatic carbocycles. The van der Waals surface area contributed by atoms with E-state index in [2.05, 4.69) is 26.0 Å². The molecule has 1 saturated heterocycles. The highest BCUT2D eigenvalue weighted by Crippen LogP contribution is 2.45. The van der Waals surface area contributed by atoms with E-state index in [1.165, 1.54) is 4.88 Å². The van der Waals surface area contributed by atoms with Gasteiger partial charge in [-0.25, -0.2) is 0 Å². The summed E-state index contributed by atoms with van der Waals surface area (Å²) >= 11 is 3.59. The molecule has 1 aliphatic heterocycles. The molecule has 0 amide bonds. The summed E-state index contributed by atoms with van der Waals surface area (Å²) in [7, 11) is 0. The second kappa shape index (κ2) is 3.30. The Morgan fingerprint density at radius 1 is 1.54 bits per heavy atom. The first-order chi connectivity index (χ1) is 6.13. The van der Waals surface area contributed by atoms with E-state index in [0.29, 0.717) is 5.25 Å². The first-order valence-corrected chi connectivity index (χ1v) is 6.40. The smallest absolute Gasteiger partial charge is 0.111 e. The Morgan fingerprint density at radius 3 is 2.77 bits per heavy atom. The monoisotopic (exact) mass is 214 g/mol. The minimum atomic E-state index is -0.552. The first kappa shape index (κ1) is 9.56. The molecule has 1 aromatic heterocycles. The van der Waals surface area contributed by atoms with E-state index in [4.69, 9.17) is 0 Å². The molecule has 1 N–H and O–H groups in total. The van der Waals surface area contributed by atoms with Crippen molar-refractivity contribution in [2.75, 3.05) is 5.75 Å². The maximum atomic E-state index is 10.4. The third-order valence-electron chi connectivity index (χ3n) is 2.69. The molecule has 1 aliphatic rings. The number of hydrogen-bond donors (Lipinski definition) is 1. The van der Waals surface area contributed by atoms with Crippen LogP contribution in [0.15, 0.2) is 12.1 Å². The molecule has 13 heavy (non-hydrogen) atoms. The van der Waals surface area contributed by atoms with Gasteiger partial charge in [-0.1, -0.05) is 6.92 Å². The predicted octanol–water partition coefficient (Wildman–Crippen LogP) is 2.77. The van der Waals surface area contributed by atoms with E-state index < -0.39 is 5.60 Å². The Kier molecular flexibility index (Phi) is 2.43. The van der Waals surface area contributed by atoms with Crippen LogP contribution in [0, 0.1) is 6.92 Å². The molecule has 0 radical (unpaired) electrons. The second-order valence-electron chi connectivity index (χ2n) is 3.60. The van der Waals surface area contributed by atoms with E-state index >= 15 is 0 Å². The summed E-state index contributed by atoms with van der Waals surface area (Å²) in [6.07, 6.45) is 0.902. The highest BCUT2D eigenvalue weighted by molar-refractivity contribution is 8.00. The van der Waals surface area contributed by atoms with Crippen molar-refractivity contribution in [3.8, 4) is 0 Å². The van der Waals surface area contributed by atoms with Crippen LogP contribution in [0.4, 0.5) is 0 Å². The Morgan fingerprint density at radius 2 is 2.31 bits per heavy atom. The summed E-state index contributed by atoms with van der Waals surface area (Å²) in [6, 6.07) is 4.16. The van der Waals surface area contributed by atoms with Crippen LogP contribution in [0.3, 0.4) is 0 Å². The molecule has 0 saturated carbocycles. The third kappa shape index (κ3) is 1.53. The lowest BCUT2D eigenvalue weighted by Crippen LogP contribution is -2.30. The molecule has 1 nitrogen and oxygen atoms in total. The van der Waals surface area contributed by atoms with Gasteiger partial charge < -0.3 is 5.11 Å². The van der Waals surface area contributed by atoms with E-state index in [0.717, 1.165) is 17.1 Å². The highest BCUT2D eigenvalue weighted by Gasteiger charge is 2.41. The predicted molar refractivity (Wildman–Crippen MR) is 59.5 cm³/mol. The highest BCUT2D eigenvalue weighted by atomic mass is 32.2. The van der Waals surface area contributed by atoms with Crippen molar-refractivity contribution in [2.24, 2.45) is 0 Å². The van der Waals surface area contributed by atoms with Gasteiger partial charge in [-0.3, -0.25) is 0 Å². The van der Waals surface area contributed by atoms with Gasteiger partial charge in [-0.15, -0.1) is 11.3 Å². The summed E-state index contributed by atoms with van der Waals surface area (Å²) in [5, 5.41) is 10.8. The zero-order chi connectivity index (χ0) is 9.47. The Bertz CT molecular complexity index is 308. The molecular weight excluding hydrogens is 200 g/mol. The topological polar surface area (TPSA) is 20.2 Å². The van der Waals surface area contributed by atoms with Gasteiger partial charge in [0.05, 0.1) is 0 Å².